The highest BCUT2D eigenvalue weighted by Gasteiger charge is 2.26. The zero-order chi connectivity index (χ0) is 15.0. The Hall–Kier alpha value is -1.06. The molecule has 19 heavy (non-hydrogen) atoms. The van der Waals surface area contributed by atoms with Crippen LogP contribution < -0.4 is 0 Å². The molecule has 1 unspecified atom stereocenters. The molecule has 112 valence electrons. The highest BCUT2D eigenvalue weighted by molar-refractivity contribution is 5.80. The Bertz CT molecular complexity index is 285. The molecule has 0 N–H and O–H groups in total. The summed E-state index contributed by atoms with van der Waals surface area (Å²) in [5.41, 5.74) is 0. The number of rotatable bonds is 8. The zero-order valence-corrected chi connectivity index (χ0v) is 13.2. The van der Waals surface area contributed by atoms with E-state index in [9.17, 15) is 9.59 Å². The Morgan fingerprint density at radius 3 is 1.95 bits per heavy atom. The molecule has 0 bridgehead atoms. The van der Waals surface area contributed by atoms with Gasteiger partial charge in [-0.3, -0.25) is 9.59 Å². The smallest absolute Gasteiger partial charge is 0.310 e. The van der Waals surface area contributed by atoms with Gasteiger partial charge in [0.05, 0.1) is 13.0 Å². The van der Waals surface area contributed by atoms with Crippen molar-refractivity contribution in [3.63, 3.8) is 0 Å². The molecule has 0 aromatic carbocycles. The number of esters is 1. The second kappa shape index (κ2) is 8.94. The minimum atomic E-state index is -0.276. The Morgan fingerprint density at radius 2 is 1.58 bits per heavy atom. The van der Waals surface area contributed by atoms with Crippen molar-refractivity contribution in [1.82, 2.24) is 4.90 Å². The van der Waals surface area contributed by atoms with Crippen LogP contribution in [0.2, 0.25) is 0 Å². The lowest BCUT2D eigenvalue weighted by Gasteiger charge is -2.29. The van der Waals surface area contributed by atoms with Crippen LogP contribution in [-0.2, 0) is 14.3 Å². The first-order valence-electron chi connectivity index (χ1n) is 7.23. The third kappa shape index (κ3) is 6.08. The van der Waals surface area contributed by atoms with E-state index in [-0.39, 0.29) is 23.7 Å². The summed E-state index contributed by atoms with van der Waals surface area (Å²) in [5, 5.41) is 0. The molecule has 0 aromatic rings. The summed E-state index contributed by atoms with van der Waals surface area (Å²) in [5.74, 6) is 0.0781. The van der Waals surface area contributed by atoms with Gasteiger partial charge in [0, 0.05) is 19.0 Å². The van der Waals surface area contributed by atoms with Crippen LogP contribution in [0.4, 0.5) is 0 Å². The van der Waals surface area contributed by atoms with Crippen LogP contribution in [-0.4, -0.2) is 37.0 Å². The number of hydrogen-bond acceptors (Lipinski definition) is 3. The summed E-state index contributed by atoms with van der Waals surface area (Å²) in [7, 11) is 1.38. The fourth-order valence-corrected chi connectivity index (χ4v) is 2.20. The van der Waals surface area contributed by atoms with E-state index < -0.39 is 0 Å². The van der Waals surface area contributed by atoms with Crippen molar-refractivity contribution in [3.05, 3.63) is 0 Å². The van der Waals surface area contributed by atoms with Crippen molar-refractivity contribution in [1.29, 1.82) is 0 Å². The second-order valence-corrected chi connectivity index (χ2v) is 5.57. The maximum atomic E-state index is 12.5. The van der Waals surface area contributed by atoms with Crippen LogP contribution in [0.3, 0.4) is 0 Å². The van der Waals surface area contributed by atoms with E-state index >= 15 is 0 Å². The van der Waals surface area contributed by atoms with Gasteiger partial charge in [0.25, 0.3) is 0 Å². The van der Waals surface area contributed by atoms with E-state index in [2.05, 4.69) is 13.8 Å². The molecule has 0 radical (unpaired) electrons. The molecule has 0 aliphatic heterocycles. The van der Waals surface area contributed by atoms with E-state index in [4.69, 9.17) is 4.74 Å². The topological polar surface area (TPSA) is 46.6 Å². The van der Waals surface area contributed by atoms with Crippen LogP contribution >= 0.6 is 0 Å². The molecule has 0 saturated carbocycles. The minimum Gasteiger partial charge on any atom is -0.469 e. The number of hydrogen-bond donors (Lipinski definition) is 0. The standard InChI is InChI=1S/C15H29NO3/c1-7-13(8-2)14(17)16(9-11(3)4)10-12(5)15(18)19-6/h11-13H,7-10H2,1-6H3. The van der Waals surface area contributed by atoms with Crippen LogP contribution in [0.15, 0.2) is 0 Å². The molecule has 1 atom stereocenters. The van der Waals surface area contributed by atoms with E-state index in [1.807, 2.05) is 18.7 Å². The third-order valence-corrected chi connectivity index (χ3v) is 3.33. The van der Waals surface area contributed by atoms with Crippen LogP contribution in [0.1, 0.15) is 47.5 Å². The molecule has 0 aliphatic rings. The van der Waals surface area contributed by atoms with Crippen molar-refractivity contribution >= 4 is 11.9 Å². The van der Waals surface area contributed by atoms with Crippen LogP contribution in [0.5, 0.6) is 0 Å². The summed E-state index contributed by atoms with van der Waals surface area (Å²) in [4.78, 5) is 25.8. The number of amides is 1. The number of ether oxygens (including phenoxy) is 1. The SMILES string of the molecule is CCC(CC)C(=O)N(CC(C)C)CC(C)C(=O)OC. The minimum absolute atomic E-state index is 0.0589. The summed E-state index contributed by atoms with van der Waals surface area (Å²) >= 11 is 0. The zero-order valence-electron chi connectivity index (χ0n) is 13.2. The van der Waals surface area contributed by atoms with Gasteiger partial charge in [-0.2, -0.15) is 0 Å². The lowest BCUT2D eigenvalue weighted by Crippen LogP contribution is -2.42. The summed E-state index contributed by atoms with van der Waals surface area (Å²) in [6, 6.07) is 0. The summed E-state index contributed by atoms with van der Waals surface area (Å²) < 4.78 is 4.73. The number of methoxy groups -OCH3 is 1. The van der Waals surface area contributed by atoms with Gasteiger partial charge in [-0.25, -0.2) is 0 Å². The quantitative estimate of drug-likeness (QED) is 0.638. The molecule has 0 rings (SSSR count). The summed E-state index contributed by atoms with van der Waals surface area (Å²) in [6.07, 6.45) is 1.69. The first-order chi connectivity index (χ1) is 8.87. The van der Waals surface area contributed by atoms with E-state index in [0.717, 1.165) is 12.8 Å². The second-order valence-electron chi connectivity index (χ2n) is 5.57. The maximum absolute atomic E-state index is 12.5. The van der Waals surface area contributed by atoms with Crippen molar-refractivity contribution in [2.45, 2.75) is 47.5 Å². The fourth-order valence-electron chi connectivity index (χ4n) is 2.20. The van der Waals surface area contributed by atoms with Crippen LogP contribution in [0, 0.1) is 17.8 Å². The van der Waals surface area contributed by atoms with Gasteiger partial charge in [0.1, 0.15) is 0 Å². The monoisotopic (exact) mass is 271 g/mol. The normalized spacial score (nSPS) is 12.6. The largest absolute Gasteiger partial charge is 0.469 e. The number of nitrogens with zero attached hydrogens (tertiary/aromatic N) is 1. The highest BCUT2D eigenvalue weighted by atomic mass is 16.5. The van der Waals surface area contributed by atoms with Gasteiger partial charge >= 0.3 is 5.97 Å². The Balaban J connectivity index is 4.80. The third-order valence-electron chi connectivity index (χ3n) is 3.33. The molecule has 4 heteroatoms. The average Bonchev–Trinajstić information content (AvgIpc) is 2.37. The van der Waals surface area contributed by atoms with E-state index in [1.54, 1.807) is 6.92 Å². The van der Waals surface area contributed by atoms with Crippen molar-refractivity contribution in [3.8, 4) is 0 Å². The first kappa shape index (κ1) is 17.9. The molecular formula is C15H29NO3. The molecule has 4 nitrogen and oxygen atoms in total. The molecule has 0 heterocycles. The highest BCUT2D eigenvalue weighted by Crippen LogP contribution is 2.15. The maximum Gasteiger partial charge on any atom is 0.310 e. The Labute approximate surface area is 117 Å². The lowest BCUT2D eigenvalue weighted by atomic mass is 10.00. The fraction of sp³-hybridized carbons (Fsp3) is 0.867. The van der Waals surface area contributed by atoms with Crippen LogP contribution in [0.25, 0.3) is 0 Å². The Kier molecular flexibility index (Phi) is 8.44. The molecule has 0 aliphatic carbocycles. The van der Waals surface area contributed by atoms with Gasteiger partial charge in [0.15, 0.2) is 0 Å². The van der Waals surface area contributed by atoms with Gasteiger partial charge in [-0.1, -0.05) is 34.6 Å². The summed E-state index contributed by atoms with van der Waals surface area (Å²) in [6.45, 7) is 11.2. The average molecular weight is 271 g/mol. The van der Waals surface area contributed by atoms with Gasteiger partial charge < -0.3 is 9.64 Å². The van der Waals surface area contributed by atoms with Gasteiger partial charge in [-0.05, 0) is 18.8 Å². The molecule has 0 saturated heterocycles. The number of carbonyl (C=O) groups excluding carboxylic acids is 2. The van der Waals surface area contributed by atoms with Crippen molar-refractivity contribution in [2.75, 3.05) is 20.2 Å². The van der Waals surface area contributed by atoms with E-state index in [1.165, 1.54) is 7.11 Å². The van der Waals surface area contributed by atoms with E-state index in [0.29, 0.717) is 19.0 Å². The molecule has 0 spiro atoms. The molecule has 0 aromatic heterocycles. The first-order valence-corrected chi connectivity index (χ1v) is 7.23. The van der Waals surface area contributed by atoms with Crippen molar-refractivity contribution < 1.29 is 14.3 Å². The number of carbonyl (C=O) groups is 2. The van der Waals surface area contributed by atoms with Crippen molar-refractivity contribution in [2.24, 2.45) is 17.8 Å². The Morgan fingerprint density at radius 1 is 1.05 bits per heavy atom. The predicted molar refractivity (Wildman–Crippen MR) is 76.7 cm³/mol. The lowest BCUT2D eigenvalue weighted by molar-refractivity contribution is -0.147. The molecule has 1 amide bonds. The molecule has 0 fully saturated rings. The predicted octanol–water partition coefficient (Wildman–Crippen LogP) is 2.72. The van der Waals surface area contributed by atoms with Gasteiger partial charge in [-0.15, -0.1) is 0 Å². The molecular weight excluding hydrogens is 242 g/mol. The van der Waals surface area contributed by atoms with Gasteiger partial charge in [0.2, 0.25) is 5.91 Å².